The van der Waals surface area contributed by atoms with Gasteiger partial charge in [-0.2, -0.15) is 0 Å². The molecule has 0 radical (unpaired) electrons. The van der Waals surface area contributed by atoms with Gasteiger partial charge in [0, 0.05) is 24.9 Å². The Morgan fingerprint density at radius 3 is 2.81 bits per heavy atom. The first-order chi connectivity index (χ1) is 9.93. The lowest BCUT2D eigenvalue weighted by molar-refractivity contribution is -0.144. The minimum absolute atomic E-state index is 0.112. The highest BCUT2D eigenvalue weighted by Crippen LogP contribution is 2.34. The molecule has 2 heterocycles. The monoisotopic (exact) mass is 292 g/mol. The fourth-order valence-corrected chi connectivity index (χ4v) is 2.98. The van der Waals surface area contributed by atoms with Crippen molar-refractivity contribution in [2.45, 2.75) is 45.6 Å². The summed E-state index contributed by atoms with van der Waals surface area (Å²) in [6, 6.07) is 4.12. The molecule has 0 bridgehead atoms. The van der Waals surface area contributed by atoms with E-state index in [1.165, 1.54) is 7.11 Å². The quantitative estimate of drug-likeness (QED) is 0.849. The van der Waals surface area contributed by atoms with E-state index in [1.54, 1.807) is 0 Å². The van der Waals surface area contributed by atoms with E-state index in [9.17, 15) is 9.59 Å². The topological polar surface area (TPSA) is 62.4 Å². The van der Waals surface area contributed by atoms with Crippen LogP contribution in [0.2, 0.25) is 0 Å². The molecule has 1 aliphatic rings. The molecule has 1 N–H and O–H groups in total. The van der Waals surface area contributed by atoms with Crippen molar-refractivity contribution in [2.24, 2.45) is 5.41 Å². The van der Waals surface area contributed by atoms with Crippen LogP contribution in [-0.2, 0) is 14.3 Å². The molecular weight excluding hydrogens is 268 g/mol. The molecule has 0 spiro atoms. The third-order valence-corrected chi connectivity index (χ3v) is 4.03. The van der Waals surface area contributed by atoms with Crippen LogP contribution in [0.25, 0.3) is 0 Å². The Balaban J connectivity index is 2.00. The molecule has 1 saturated heterocycles. The number of carbonyl (C=O) groups is 2. The molecule has 0 aromatic carbocycles. The minimum Gasteiger partial charge on any atom is -0.469 e. The van der Waals surface area contributed by atoms with E-state index in [-0.39, 0.29) is 29.8 Å². The molecule has 1 atom stereocenters. The number of aromatic amines is 1. The van der Waals surface area contributed by atoms with Crippen LogP contribution in [0.1, 0.15) is 51.3 Å². The van der Waals surface area contributed by atoms with Gasteiger partial charge in [-0.05, 0) is 30.4 Å². The fourth-order valence-electron chi connectivity index (χ4n) is 2.98. The Morgan fingerprint density at radius 1 is 1.43 bits per heavy atom. The lowest BCUT2D eigenvalue weighted by Crippen LogP contribution is -2.34. The van der Waals surface area contributed by atoms with Gasteiger partial charge < -0.3 is 14.6 Å². The van der Waals surface area contributed by atoms with Crippen molar-refractivity contribution in [3.63, 3.8) is 0 Å². The van der Waals surface area contributed by atoms with Gasteiger partial charge in [-0.3, -0.25) is 9.59 Å². The summed E-state index contributed by atoms with van der Waals surface area (Å²) >= 11 is 0. The van der Waals surface area contributed by atoms with E-state index >= 15 is 0 Å². The molecule has 0 unspecified atom stereocenters. The van der Waals surface area contributed by atoms with Crippen LogP contribution in [0.5, 0.6) is 0 Å². The normalized spacial score (nSPS) is 18.8. The zero-order valence-electron chi connectivity index (χ0n) is 13.0. The highest BCUT2D eigenvalue weighted by atomic mass is 16.5. The first kappa shape index (κ1) is 15.6. The summed E-state index contributed by atoms with van der Waals surface area (Å²) in [4.78, 5) is 29.2. The molecule has 116 valence electrons. The number of hydrogen-bond acceptors (Lipinski definition) is 3. The van der Waals surface area contributed by atoms with E-state index in [0.717, 1.165) is 25.1 Å². The van der Waals surface area contributed by atoms with Crippen LogP contribution in [0.4, 0.5) is 0 Å². The largest absolute Gasteiger partial charge is 0.469 e. The maximum absolute atomic E-state index is 12.6. The van der Waals surface area contributed by atoms with Gasteiger partial charge in [0.15, 0.2) is 0 Å². The molecule has 5 heteroatoms. The molecule has 1 fully saturated rings. The third kappa shape index (κ3) is 3.86. The van der Waals surface area contributed by atoms with E-state index in [4.69, 9.17) is 4.74 Å². The summed E-state index contributed by atoms with van der Waals surface area (Å²) in [6.45, 7) is 4.65. The number of esters is 1. The maximum atomic E-state index is 12.6. The van der Waals surface area contributed by atoms with Crippen molar-refractivity contribution in [1.82, 2.24) is 9.88 Å². The standard InChI is InChI=1S/C16H24N2O3/c1-16(2,11-15(20)21-3)10-14(19)18-9-5-7-13(18)12-6-4-8-17-12/h4,6,8,13,17H,5,7,9-11H2,1-3H3/t13-/m1/s1. The molecule has 1 aromatic rings. The first-order valence-corrected chi connectivity index (χ1v) is 7.42. The summed E-state index contributed by atoms with van der Waals surface area (Å²) < 4.78 is 4.70. The van der Waals surface area contributed by atoms with Crippen LogP contribution in [0, 0.1) is 5.41 Å². The van der Waals surface area contributed by atoms with Gasteiger partial charge >= 0.3 is 5.97 Å². The van der Waals surface area contributed by atoms with Crippen LogP contribution >= 0.6 is 0 Å². The Labute approximate surface area is 125 Å². The molecule has 5 nitrogen and oxygen atoms in total. The molecule has 0 aliphatic carbocycles. The van der Waals surface area contributed by atoms with Crippen LogP contribution in [0.3, 0.4) is 0 Å². The molecule has 1 aliphatic heterocycles. The second-order valence-corrected chi connectivity index (χ2v) is 6.46. The molecular formula is C16H24N2O3. The van der Waals surface area contributed by atoms with Crippen molar-refractivity contribution >= 4 is 11.9 Å². The maximum Gasteiger partial charge on any atom is 0.306 e. The van der Waals surface area contributed by atoms with Gasteiger partial charge in [-0.15, -0.1) is 0 Å². The number of rotatable bonds is 5. The average Bonchev–Trinajstić information content (AvgIpc) is 3.07. The predicted octanol–water partition coefficient (Wildman–Crippen LogP) is 2.66. The van der Waals surface area contributed by atoms with Crippen molar-refractivity contribution in [3.05, 3.63) is 24.0 Å². The Bertz CT molecular complexity index is 494. The number of nitrogens with one attached hydrogen (secondary N) is 1. The van der Waals surface area contributed by atoms with Gasteiger partial charge in [-0.25, -0.2) is 0 Å². The van der Waals surface area contributed by atoms with Crippen LogP contribution in [-0.4, -0.2) is 35.4 Å². The number of carbonyl (C=O) groups excluding carboxylic acids is 2. The number of ether oxygens (including phenoxy) is 1. The summed E-state index contributed by atoms with van der Waals surface area (Å²) in [5, 5.41) is 0. The lowest BCUT2D eigenvalue weighted by Gasteiger charge is -2.29. The van der Waals surface area contributed by atoms with Crippen molar-refractivity contribution in [3.8, 4) is 0 Å². The predicted molar refractivity (Wildman–Crippen MR) is 79.5 cm³/mol. The molecule has 1 aromatic heterocycles. The highest BCUT2D eigenvalue weighted by Gasteiger charge is 2.34. The zero-order chi connectivity index (χ0) is 15.5. The number of methoxy groups -OCH3 is 1. The summed E-state index contributed by atoms with van der Waals surface area (Å²) in [5.41, 5.74) is 0.708. The van der Waals surface area contributed by atoms with Gasteiger partial charge in [0.05, 0.1) is 19.6 Å². The van der Waals surface area contributed by atoms with Gasteiger partial charge in [0.2, 0.25) is 5.91 Å². The fraction of sp³-hybridized carbons (Fsp3) is 0.625. The van der Waals surface area contributed by atoms with Crippen LogP contribution < -0.4 is 0 Å². The van der Waals surface area contributed by atoms with E-state index in [1.807, 2.05) is 37.1 Å². The Hall–Kier alpha value is -1.78. The van der Waals surface area contributed by atoms with Gasteiger partial charge in [-0.1, -0.05) is 13.8 Å². The smallest absolute Gasteiger partial charge is 0.306 e. The first-order valence-electron chi connectivity index (χ1n) is 7.42. The number of nitrogens with zero attached hydrogens (tertiary/aromatic N) is 1. The van der Waals surface area contributed by atoms with Crippen molar-refractivity contribution in [1.29, 1.82) is 0 Å². The highest BCUT2D eigenvalue weighted by molar-refractivity contribution is 5.79. The Kier molecular flexibility index (Phi) is 4.70. The van der Waals surface area contributed by atoms with Crippen LogP contribution in [0.15, 0.2) is 18.3 Å². The number of likely N-dealkylation sites (tertiary alicyclic amines) is 1. The molecule has 1 amide bonds. The minimum atomic E-state index is -0.382. The zero-order valence-corrected chi connectivity index (χ0v) is 13.0. The van der Waals surface area contributed by atoms with Gasteiger partial charge in [0.1, 0.15) is 0 Å². The van der Waals surface area contributed by atoms with Crippen molar-refractivity contribution < 1.29 is 14.3 Å². The average molecular weight is 292 g/mol. The van der Waals surface area contributed by atoms with E-state index in [2.05, 4.69) is 4.98 Å². The number of H-pyrrole nitrogens is 1. The Morgan fingerprint density at radius 2 is 2.19 bits per heavy atom. The van der Waals surface area contributed by atoms with E-state index in [0.29, 0.717) is 6.42 Å². The third-order valence-electron chi connectivity index (χ3n) is 4.03. The second kappa shape index (κ2) is 6.33. The summed E-state index contributed by atoms with van der Waals surface area (Å²) in [5.74, 6) is -0.156. The summed E-state index contributed by atoms with van der Waals surface area (Å²) in [7, 11) is 1.38. The molecule has 21 heavy (non-hydrogen) atoms. The molecule has 0 saturated carbocycles. The number of aromatic nitrogens is 1. The van der Waals surface area contributed by atoms with Crippen molar-refractivity contribution in [2.75, 3.05) is 13.7 Å². The molecule has 2 rings (SSSR count). The SMILES string of the molecule is COC(=O)CC(C)(C)CC(=O)N1CCC[C@@H]1c1ccc[nH]1. The van der Waals surface area contributed by atoms with E-state index < -0.39 is 0 Å². The number of amides is 1. The van der Waals surface area contributed by atoms with Gasteiger partial charge in [0.25, 0.3) is 0 Å². The summed E-state index contributed by atoms with van der Waals surface area (Å²) in [6.07, 6.45) is 4.52. The second-order valence-electron chi connectivity index (χ2n) is 6.46. The number of hydrogen-bond donors (Lipinski definition) is 1. The lowest BCUT2D eigenvalue weighted by atomic mass is 9.85.